The molecule has 128 valence electrons. The van der Waals surface area contributed by atoms with Crippen LogP contribution in [0.15, 0.2) is 34.9 Å². The number of anilines is 1. The van der Waals surface area contributed by atoms with Gasteiger partial charge in [0.15, 0.2) is 5.82 Å². The van der Waals surface area contributed by atoms with Crippen molar-refractivity contribution in [2.75, 3.05) is 11.9 Å². The van der Waals surface area contributed by atoms with Gasteiger partial charge in [-0.2, -0.15) is 0 Å². The number of rotatable bonds is 4. The number of aromatic nitrogens is 1. The second-order valence-corrected chi connectivity index (χ2v) is 6.44. The molecule has 2 amide bonds. The molecule has 1 N–H and O–H groups in total. The summed E-state index contributed by atoms with van der Waals surface area (Å²) in [5.41, 5.74) is -0.435. The van der Waals surface area contributed by atoms with Crippen molar-refractivity contribution in [1.29, 1.82) is 0 Å². The first-order valence-electron chi connectivity index (χ1n) is 7.47. The third-order valence-electron chi connectivity index (χ3n) is 3.32. The molecule has 0 spiro atoms. The van der Waals surface area contributed by atoms with Crippen LogP contribution < -0.4 is 5.32 Å². The molecule has 6 nitrogen and oxygen atoms in total. The van der Waals surface area contributed by atoms with E-state index in [1.807, 2.05) is 0 Å². The summed E-state index contributed by atoms with van der Waals surface area (Å²) in [5, 5.41) is 6.25. The van der Waals surface area contributed by atoms with Crippen LogP contribution in [0.3, 0.4) is 0 Å². The summed E-state index contributed by atoms with van der Waals surface area (Å²) in [5.74, 6) is -0.493. The maximum absolute atomic E-state index is 13.4. The second-order valence-electron chi connectivity index (χ2n) is 6.44. The van der Waals surface area contributed by atoms with Crippen LogP contribution in [-0.2, 0) is 4.79 Å². The predicted molar refractivity (Wildman–Crippen MR) is 87.1 cm³/mol. The minimum Gasteiger partial charge on any atom is -0.360 e. The number of nitrogens with zero attached hydrogens (tertiary/aromatic N) is 2. The molecule has 0 unspecified atom stereocenters. The fourth-order valence-electron chi connectivity index (χ4n) is 2.14. The topological polar surface area (TPSA) is 75.4 Å². The average molecular weight is 333 g/mol. The van der Waals surface area contributed by atoms with Gasteiger partial charge >= 0.3 is 0 Å². The zero-order valence-electron chi connectivity index (χ0n) is 14.1. The lowest BCUT2D eigenvalue weighted by Crippen LogP contribution is -2.49. The van der Waals surface area contributed by atoms with Gasteiger partial charge in [0.25, 0.3) is 5.91 Å². The summed E-state index contributed by atoms with van der Waals surface area (Å²) < 4.78 is 18.3. The van der Waals surface area contributed by atoms with Gasteiger partial charge in [-0.15, -0.1) is 0 Å². The van der Waals surface area contributed by atoms with E-state index in [1.54, 1.807) is 33.8 Å². The molecule has 0 saturated carbocycles. The Bertz CT molecular complexity index is 750. The van der Waals surface area contributed by atoms with Crippen LogP contribution in [0.5, 0.6) is 0 Å². The van der Waals surface area contributed by atoms with E-state index in [1.165, 1.54) is 23.1 Å². The molecule has 1 aromatic carbocycles. The summed E-state index contributed by atoms with van der Waals surface area (Å²) in [7, 11) is 0. The van der Waals surface area contributed by atoms with E-state index in [9.17, 15) is 14.0 Å². The highest BCUT2D eigenvalue weighted by Crippen LogP contribution is 2.18. The Kier molecular flexibility index (Phi) is 5.02. The number of aryl methyl sites for hydroxylation is 1. The first-order chi connectivity index (χ1) is 11.2. The molecule has 0 aliphatic rings. The van der Waals surface area contributed by atoms with Crippen LogP contribution in [0.4, 0.5) is 10.2 Å². The number of hydrogen-bond acceptors (Lipinski definition) is 4. The van der Waals surface area contributed by atoms with Gasteiger partial charge in [0, 0.05) is 17.2 Å². The second kappa shape index (κ2) is 6.82. The van der Waals surface area contributed by atoms with Gasteiger partial charge in [-0.1, -0.05) is 11.2 Å². The molecular formula is C17H20FN3O3. The Hall–Kier alpha value is -2.70. The van der Waals surface area contributed by atoms with Crippen LogP contribution in [0.1, 0.15) is 36.9 Å². The van der Waals surface area contributed by atoms with Crippen molar-refractivity contribution >= 4 is 17.6 Å². The Morgan fingerprint density at radius 3 is 2.54 bits per heavy atom. The van der Waals surface area contributed by atoms with E-state index in [0.29, 0.717) is 5.76 Å². The molecule has 0 aliphatic heterocycles. The first kappa shape index (κ1) is 17.7. The smallest absolute Gasteiger partial charge is 0.254 e. The normalized spacial score (nSPS) is 11.2. The fraction of sp³-hybridized carbons (Fsp3) is 0.353. The number of nitrogens with one attached hydrogen (secondary N) is 1. The maximum atomic E-state index is 13.4. The molecule has 1 aromatic heterocycles. The molecular weight excluding hydrogens is 313 g/mol. The van der Waals surface area contributed by atoms with Crippen molar-refractivity contribution in [3.63, 3.8) is 0 Å². The predicted octanol–water partition coefficient (Wildman–Crippen LogP) is 3.00. The quantitative estimate of drug-likeness (QED) is 0.933. The number of carbonyl (C=O) groups excluding carboxylic acids is 2. The van der Waals surface area contributed by atoms with Crippen LogP contribution in [0.2, 0.25) is 0 Å². The highest BCUT2D eigenvalue weighted by atomic mass is 19.1. The Balaban J connectivity index is 2.16. The Morgan fingerprint density at radius 1 is 1.29 bits per heavy atom. The van der Waals surface area contributed by atoms with E-state index in [4.69, 9.17) is 4.52 Å². The minimum atomic E-state index is -0.625. The number of amides is 2. The standard InChI is InChI=1S/C17H20FN3O3/c1-11-8-14(20-24-11)19-15(22)10-21(17(2,3)4)16(23)12-6-5-7-13(18)9-12/h5-9H,10H2,1-4H3,(H,19,20,22). The molecule has 0 atom stereocenters. The van der Waals surface area contributed by atoms with Crippen molar-refractivity contribution < 1.29 is 18.5 Å². The van der Waals surface area contributed by atoms with Crippen molar-refractivity contribution in [3.8, 4) is 0 Å². The lowest BCUT2D eigenvalue weighted by atomic mass is 10.0. The monoisotopic (exact) mass is 333 g/mol. The minimum absolute atomic E-state index is 0.190. The van der Waals surface area contributed by atoms with Gasteiger partial charge in [0.05, 0.1) is 0 Å². The highest BCUT2D eigenvalue weighted by molar-refractivity contribution is 5.99. The largest absolute Gasteiger partial charge is 0.360 e. The van der Waals surface area contributed by atoms with E-state index in [-0.39, 0.29) is 17.9 Å². The highest BCUT2D eigenvalue weighted by Gasteiger charge is 2.29. The lowest BCUT2D eigenvalue weighted by Gasteiger charge is -2.35. The molecule has 2 rings (SSSR count). The summed E-state index contributed by atoms with van der Waals surface area (Å²) in [4.78, 5) is 26.3. The summed E-state index contributed by atoms with van der Waals surface area (Å²) in [6, 6.07) is 6.97. The van der Waals surface area contributed by atoms with Crippen LogP contribution in [0.25, 0.3) is 0 Å². The van der Waals surface area contributed by atoms with E-state index >= 15 is 0 Å². The van der Waals surface area contributed by atoms with Crippen LogP contribution >= 0.6 is 0 Å². The number of halogens is 1. The lowest BCUT2D eigenvalue weighted by molar-refractivity contribution is -0.117. The van der Waals surface area contributed by atoms with E-state index < -0.39 is 23.2 Å². The summed E-state index contributed by atoms with van der Waals surface area (Å²) >= 11 is 0. The molecule has 1 heterocycles. The van der Waals surface area contributed by atoms with Gasteiger partial charge in [0.1, 0.15) is 18.1 Å². The average Bonchev–Trinajstić information content (AvgIpc) is 2.88. The maximum Gasteiger partial charge on any atom is 0.254 e. The molecule has 24 heavy (non-hydrogen) atoms. The van der Waals surface area contributed by atoms with Crippen molar-refractivity contribution in [2.24, 2.45) is 0 Å². The molecule has 0 fully saturated rings. The van der Waals surface area contributed by atoms with Crippen LogP contribution in [-0.4, -0.2) is 34.0 Å². The molecule has 7 heteroatoms. The molecule has 0 radical (unpaired) electrons. The molecule has 2 aromatic rings. The SMILES string of the molecule is Cc1cc(NC(=O)CN(C(=O)c2cccc(F)c2)C(C)(C)C)no1. The molecule has 0 saturated heterocycles. The van der Waals surface area contributed by atoms with Gasteiger partial charge < -0.3 is 14.7 Å². The van der Waals surface area contributed by atoms with E-state index in [0.717, 1.165) is 6.07 Å². The third kappa shape index (κ3) is 4.41. The van der Waals surface area contributed by atoms with Crippen molar-refractivity contribution in [1.82, 2.24) is 10.1 Å². The van der Waals surface area contributed by atoms with Crippen molar-refractivity contribution in [2.45, 2.75) is 33.2 Å². The van der Waals surface area contributed by atoms with Crippen molar-refractivity contribution in [3.05, 3.63) is 47.5 Å². The molecule has 0 bridgehead atoms. The first-order valence-corrected chi connectivity index (χ1v) is 7.47. The Morgan fingerprint density at radius 2 is 2.00 bits per heavy atom. The zero-order chi connectivity index (χ0) is 17.9. The molecule has 0 aliphatic carbocycles. The number of hydrogen-bond donors (Lipinski definition) is 1. The third-order valence-corrected chi connectivity index (χ3v) is 3.32. The van der Waals surface area contributed by atoms with Gasteiger partial charge in [-0.3, -0.25) is 9.59 Å². The van der Waals surface area contributed by atoms with Gasteiger partial charge in [-0.25, -0.2) is 4.39 Å². The summed E-state index contributed by atoms with van der Waals surface area (Å²) in [6.45, 7) is 6.93. The van der Waals surface area contributed by atoms with Gasteiger partial charge in [0.2, 0.25) is 5.91 Å². The number of benzene rings is 1. The van der Waals surface area contributed by atoms with Crippen LogP contribution in [0, 0.1) is 12.7 Å². The number of carbonyl (C=O) groups is 2. The van der Waals surface area contributed by atoms with Gasteiger partial charge in [-0.05, 0) is 45.9 Å². The summed E-state index contributed by atoms with van der Waals surface area (Å²) in [6.07, 6.45) is 0. The zero-order valence-corrected chi connectivity index (χ0v) is 14.1. The fourth-order valence-corrected chi connectivity index (χ4v) is 2.14. The Labute approximate surface area is 139 Å². The van der Waals surface area contributed by atoms with E-state index in [2.05, 4.69) is 10.5 Å².